The number of nitrogens with zero attached hydrogens (tertiary/aromatic N) is 3. The number of nitrogens with two attached hydrogens (primary N) is 1. The number of nitrogens with one attached hydrogen (secondary N) is 1. The van der Waals surface area contributed by atoms with Gasteiger partial charge in [-0.05, 0) is 24.3 Å². The first kappa shape index (κ1) is 14.7. The highest BCUT2D eigenvalue weighted by Crippen LogP contribution is 2.29. The maximum atomic E-state index is 11.3. The molecule has 0 unspecified atom stereocenters. The molecule has 3 N–H and O–H groups in total. The van der Waals surface area contributed by atoms with E-state index in [2.05, 4.69) is 15.3 Å². The molecule has 1 heterocycles. The highest BCUT2D eigenvalue weighted by atomic mass is 32.2. The van der Waals surface area contributed by atoms with Crippen molar-refractivity contribution in [2.45, 2.75) is 4.90 Å². The Hall–Kier alpha value is -2.75. The van der Waals surface area contributed by atoms with Gasteiger partial charge < -0.3 is 11.1 Å². The summed E-state index contributed by atoms with van der Waals surface area (Å²) in [5, 5.41) is 13.7. The molecule has 0 bridgehead atoms. The molecule has 1 aromatic carbocycles. The summed E-state index contributed by atoms with van der Waals surface area (Å²) in [6.07, 6.45) is 2.18. The number of anilines is 3. The molecule has 0 aliphatic carbocycles. The van der Waals surface area contributed by atoms with Crippen LogP contribution in [0.15, 0.2) is 35.5 Å². The Bertz CT molecular complexity index is 789. The summed E-state index contributed by atoms with van der Waals surface area (Å²) in [7, 11) is -3.30. The summed E-state index contributed by atoms with van der Waals surface area (Å²) < 4.78 is 22.7. The molecule has 0 saturated heterocycles. The van der Waals surface area contributed by atoms with Gasteiger partial charge in [0.1, 0.15) is 6.33 Å². The topological polar surface area (TPSA) is 141 Å². The fourth-order valence-corrected chi connectivity index (χ4v) is 2.22. The molecular formula is C11H11N5O4S. The summed E-state index contributed by atoms with van der Waals surface area (Å²) in [5.74, 6) is -0.329. The van der Waals surface area contributed by atoms with Crippen LogP contribution in [-0.4, -0.2) is 29.6 Å². The first-order chi connectivity index (χ1) is 9.79. The van der Waals surface area contributed by atoms with Gasteiger partial charge in [0.2, 0.25) is 11.6 Å². The van der Waals surface area contributed by atoms with Crippen LogP contribution in [0.3, 0.4) is 0 Å². The molecule has 0 atom stereocenters. The summed E-state index contributed by atoms with van der Waals surface area (Å²) in [4.78, 5) is 17.7. The van der Waals surface area contributed by atoms with Crippen LogP contribution < -0.4 is 11.1 Å². The molecular weight excluding hydrogens is 298 g/mol. The number of rotatable bonds is 4. The van der Waals surface area contributed by atoms with Gasteiger partial charge in [0.05, 0.1) is 9.82 Å². The third-order valence-corrected chi connectivity index (χ3v) is 3.71. The van der Waals surface area contributed by atoms with Gasteiger partial charge in [-0.3, -0.25) is 10.1 Å². The minimum Gasteiger partial charge on any atom is -0.378 e. The lowest BCUT2D eigenvalue weighted by Gasteiger charge is -2.07. The summed E-state index contributed by atoms with van der Waals surface area (Å²) in [6.45, 7) is 0. The number of sulfone groups is 1. The van der Waals surface area contributed by atoms with E-state index in [1.807, 2.05) is 0 Å². The lowest BCUT2D eigenvalue weighted by molar-refractivity contribution is -0.383. The van der Waals surface area contributed by atoms with E-state index in [0.717, 1.165) is 12.6 Å². The van der Waals surface area contributed by atoms with Crippen molar-refractivity contribution < 1.29 is 13.3 Å². The van der Waals surface area contributed by atoms with E-state index in [1.54, 1.807) is 0 Å². The van der Waals surface area contributed by atoms with Crippen LogP contribution in [-0.2, 0) is 9.84 Å². The quantitative estimate of drug-likeness (QED) is 0.632. The molecule has 0 aliphatic rings. The van der Waals surface area contributed by atoms with Crippen molar-refractivity contribution in [2.75, 3.05) is 17.3 Å². The zero-order valence-corrected chi connectivity index (χ0v) is 11.7. The smallest absolute Gasteiger partial charge is 0.353 e. The van der Waals surface area contributed by atoms with Gasteiger partial charge >= 0.3 is 5.69 Å². The van der Waals surface area contributed by atoms with Crippen molar-refractivity contribution in [2.24, 2.45) is 0 Å². The van der Waals surface area contributed by atoms with Crippen molar-refractivity contribution >= 4 is 32.8 Å². The predicted octanol–water partition coefficient (Wildman–Crippen LogP) is 1.11. The predicted molar refractivity (Wildman–Crippen MR) is 75.9 cm³/mol. The molecule has 2 aromatic rings. The third-order valence-electron chi connectivity index (χ3n) is 2.58. The fraction of sp³-hybridized carbons (Fsp3) is 0.0909. The van der Waals surface area contributed by atoms with Crippen molar-refractivity contribution in [3.05, 3.63) is 40.7 Å². The number of nitro groups is 1. The maximum absolute atomic E-state index is 11.3. The van der Waals surface area contributed by atoms with E-state index >= 15 is 0 Å². The number of hydrogen-bond acceptors (Lipinski definition) is 8. The zero-order valence-electron chi connectivity index (χ0n) is 10.8. The van der Waals surface area contributed by atoms with Gasteiger partial charge in [-0.1, -0.05) is 0 Å². The van der Waals surface area contributed by atoms with E-state index in [0.29, 0.717) is 5.69 Å². The summed E-state index contributed by atoms with van der Waals surface area (Å²) >= 11 is 0. The van der Waals surface area contributed by atoms with Gasteiger partial charge in [-0.15, -0.1) is 0 Å². The molecule has 0 amide bonds. The van der Waals surface area contributed by atoms with Gasteiger partial charge in [0.25, 0.3) is 0 Å². The fourth-order valence-electron chi connectivity index (χ4n) is 1.59. The normalized spacial score (nSPS) is 11.1. The Balaban J connectivity index is 2.35. The van der Waals surface area contributed by atoms with Crippen LogP contribution in [0, 0.1) is 10.1 Å². The van der Waals surface area contributed by atoms with Crippen molar-refractivity contribution in [3.63, 3.8) is 0 Å². The van der Waals surface area contributed by atoms with Crippen molar-refractivity contribution in [3.8, 4) is 0 Å². The molecule has 9 nitrogen and oxygen atoms in total. The number of nitrogen functional groups attached to an aromatic ring is 1. The molecule has 0 aliphatic heterocycles. The first-order valence-electron chi connectivity index (χ1n) is 5.61. The average molecular weight is 309 g/mol. The van der Waals surface area contributed by atoms with Gasteiger partial charge in [-0.25, -0.2) is 18.4 Å². The largest absolute Gasteiger partial charge is 0.378 e. The van der Waals surface area contributed by atoms with Crippen LogP contribution in [0.5, 0.6) is 0 Å². The summed E-state index contributed by atoms with van der Waals surface area (Å²) in [5.41, 5.74) is 5.44. The Morgan fingerprint density at radius 3 is 2.38 bits per heavy atom. The van der Waals surface area contributed by atoms with E-state index in [-0.39, 0.29) is 16.5 Å². The minimum atomic E-state index is -3.30. The lowest BCUT2D eigenvalue weighted by Crippen LogP contribution is -2.05. The molecule has 10 heteroatoms. The number of hydrogen-bond donors (Lipinski definition) is 2. The van der Waals surface area contributed by atoms with Crippen LogP contribution in [0.25, 0.3) is 0 Å². The molecule has 21 heavy (non-hydrogen) atoms. The Morgan fingerprint density at radius 1 is 1.24 bits per heavy atom. The van der Waals surface area contributed by atoms with Crippen LogP contribution in [0.4, 0.5) is 23.0 Å². The highest BCUT2D eigenvalue weighted by Gasteiger charge is 2.21. The lowest BCUT2D eigenvalue weighted by atomic mass is 10.3. The average Bonchev–Trinajstić information content (AvgIpc) is 2.38. The van der Waals surface area contributed by atoms with Gasteiger partial charge in [-0.2, -0.15) is 0 Å². The molecule has 2 rings (SSSR count). The van der Waals surface area contributed by atoms with E-state index in [9.17, 15) is 18.5 Å². The number of benzene rings is 1. The Morgan fingerprint density at radius 2 is 1.86 bits per heavy atom. The van der Waals surface area contributed by atoms with Gasteiger partial charge in [0.15, 0.2) is 9.84 Å². The molecule has 0 saturated carbocycles. The second-order valence-corrected chi connectivity index (χ2v) is 6.15. The van der Waals surface area contributed by atoms with E-state index in [1.165, 1.54) is 24.3 Å². The second kappa shape index (κ2) is 5.32. The maximum Gasteiger partial charge on any atom is 0.353 e. The van der Waals surface area contributed by atoms with Crippen molar-refractivity contribution in [1.82, 2.24) is 9.97 Å². The standard InChI is InChI=1S/C11H11N5O4S/c1-21(19,20)8-4-2-7(3-5-8)15-11-9(16(17)18)10(12)13-6-14-11/h2-6H,1H3,(H3,12,13,14,15). The van der Waals surface area contributed by atoms with Crippen molar-refractivity contribution in [1.29, 1.82) is 0 Å². The first-order valence-corrected chi connectivity index (χ1v) is 7.50. The SMILES string of the molecule is CS(=O)(=O)c1ccc(Nc2ncnc(N)c2[N+](=O)[O-])cc1. The highest BCUT2D eigenvalue weighted by molar-refractivity contribution is 7.90. The monoisotopic (exact) mass is 309 g/mol. The van der Waals surface area contributed by atoms with Crippen LogP contribution in [0.2, 0.25) is 0 Å². The second-order valence-electron chi connectivity index (χ2n) is 4.13. The Kier molecular flexibility index (Phi) is 3.72. The molecule has 110 valence electrons. The molecule has 0 fully saturated rings. The number of aromatic nitrogens is 2. The van der Waals surface area contributed by atoms with Crippen LogP contribution in [0.1, 0.15) is 0 Å². The summed E-state index contributed by atoms with van der Waals surface area (Å²) in [6, 6.07) is 5.71. The molecule has 0 radical (unpaired) electrons. The zero-order chi connectivity index (χ0) is 15.6. The van der Waals surface area contributed by atoms with Crippen LogP contribution >= 0.6 is 0 Å². The molecule has 0 spiro atoms. The van der Waals surface area contributed by atoms with E-state index in [4.69, 9.17) is 5.73 Å². The van der Waals surface area contributed by atoms with E-state index < -0.39 is 20.4 Å². The Labute approximate surface area is 119 Å². The molecule has 1 aromatic heterocycles. The third kappa shape index (κ3) is 3.23. The van der Waals surface area contributed by atoms with Gasteiger partial charge in [0, 0.05) is 11.9 Å². The minimum absolute atomic E-state index is 0.0698.